The van der Waals surface area contributed by atoms with Crippen molar-refractivity contribution in [3.8, 4) is 0 Å². The van der Waals surface area contributed by atoms with Gasteiger partial charge in [0.1, 0.15) is 12.5 Å². The van der Waals surface area contributed by atoms with Crippen LogP contribution in [0.4, 0.5) is 0 Å². The lowest BCUT2D eigenvalue weighted by atomic mass is 11.0. The summed E-state index contributed by atoms with van der Waals surface area (Å²) in [4.78, 5) is 24.8. The molecule has 2 heterocycles. The Balaban J connectivity index is 0.000000174. The average molecular weight is 192 g/mol. The molecule has 0 saturated carbocycles. The molecule has 2 rings (SSSR count). The van der Waals surface area contributed by atoms with Crippen molar-refractivity contribution in [2.45, 2.75) is 0 Å². The van der Waals surface area contributed by atoms with E-state index in [9.17, 15) is 0 Å². The van der Waals surface area contributed by atoms with Crippen LogP contribution < -0.4 is 11.0 Å². The van der Waals surface area contributed by atoms with E-state index in [1.165, 1.54) is 12.5 Å². The minimum absolute atomic E-state index is 0.250. The van der Waals surface area contributed by atoms with Crippen LogP contribution in [0.25, 0.3) is 0 Å². The molecule has 2 aliphatic heterocycles. The average Bonchev–Trinajstić information content (AvgIpc) is 2.85. The summed E-state index contributed by atoms with van der Waals surface area (Å²) in [5, 5.41) is 6.89. The number of nitrogens with one attached hydrogen (secondary N) is 2. The lowest BCUT2D eigenvalue weighted by Gasteiger charge is -1.81. The standard InChI is InChI=1S/2C2H3NO2.CH2O2/c2*1-2-4-5-3-1;2-1-3/h2*1-3H;1H,(H,2,3). The molecule has 0 atom stereocenters. The highest BCUT2D eigenvalue weighted by molar-refractivity contribution is 5.32. The quantitative estimate of drug-likeness (QED) is 0.350. The third kappa shape index (κ3) is 10.1. The van der Waals surface area contributed by atoms with Crippen molar-refractivity contribution in [3.63, 3.8) is 0 Å². The molecular formula is C5H8N2O6. The molecule has 0 saturated heterocycles. The van der Waals surface area contributed by atoms with E-state index in [2.05, 4.69) is 30.7 Å². The first-order valence-corrected chi connectivity index (χ1v) is 2.95. The van der Waals surface area contributed by atoms with Crippen molar-refractivity contribution in [3.05, 3.63) is 24.9 Å². The van der Waals surface area contributed by atoms with Crippen molar-refractivity contribution in [2.24, 2.45) is 0 Å². The third-order valence-corrected chi connectivity index (χ3v) is 0.576. The minimum Gasteiger partial charge on any atom is -0.483 e. The van der Waals surface area contributed by atoms with Crippen LogP contribution in [0.2, 0.25) is 0 Å². The van der Waals surface area contributed by atoms with Crippen molar-refractivity contribution in [2.75, 3.05) is 0 Å². The fraction of sp³-hybridized carbons (Fsp3) is 0. The molecule has 74 valence electrons. The molecule has 2 aliphatic rings. The van der Waals surface area contributed by atoms with Crippen LogP contribution >= 0.6 is 0 Å². The second-order valence-electron chi connectivity index (χ2n) is 1.31. The van der Waals surface area contributed by atoms with Crippen molar-refractivity contribution in [1.29, 1.82) is 0 Å². The molecule has 8 heteroatoms. The van der Waals surface area contributed by atoms with E-state index in [1.807, 2.05) is 0 Å². The molecule has 0 aromatic heterocycles. The van der Waals surface area contributed by atoms with Gasteiger partial charge in [0.2, 0.25) is 0 Å². The van der Waals surface area contributed by atoms with Crippen LogP contribution in [0.3, 0.4) is 0 Å². The predicted octanol–water partition coefficient (Wildman–Crippen LogP) is -0.451. The highest BCUT2D eigenvalue weighted by Gasteiger charge is 1.81. The van der Waals surface area contributed by atoms with Crippen molar-refractivity contribution in [1.82, 2.24) is 11.0 Å². The summed E-state index contributed by atoms with van der Waals surface area (Å²) >= 11 is 0. The SMILES string of the molecule is C1=COON1.C1=COON1.O=CO. The summed E-state index contributed by atoms with van der Waals surface area (Å²) in [6.45, 7) is -0.250. The smallest absolute Gasteiger partial charge is 0.290 e. The van der Waals surface area contributed by atoms with Gasteiger partial charge in [0.15, 0.2) is 0 Å². The summed E-state index contributed by atoms with van der Waals surface area (Å²) in [5.74, 6) is 0. The molecule has 0 aromatic carbocycles. The zero-order valence-electron chi connectivity index (χ0n) is 6.38. The van der Waals surface area contributed by atoms with E-state index >= 15 is 0 Å². The van der Waals surface area contributed by atoms with Gasteiger partial charge < -0.3 is 14.9 Å². The van der Waals surface area contributed by atoms with E-state index in [0.717, 1.165) is 0 Å². The second-order valence-corrected chi connectivity index (χ2v) is 1.31. The van der Waals surface area contributed by atoms with E-state index in [0.29, 0.717) is 0 Å². The van der Waals surface area contributed by atoms with Gasteiger partial charge in [0.25, 0.3) is 6.47 Å². The third-order valence-electron chi connectivity index (χ3n) is 0.576. The molecule has 0 radical (unpaired) electrons. The van der Waals surface area contributed by atoms with Gasteiger partial charge in [-0.25, -0.2) is 11.0 Å². The largest absolute Gasteiger partial charge is 0.483 e. The van der Waals surface area contributed by atoms with E-state index in [4.69, 9.17) is 9.90 Å². The molecule has 0 amide bonds. The van der Waals surface area contributed by atoms with E-state index in [-0.39, 0.29) is 6.47 Å². The number of hydrogen-bond acceptors (Lipinski definition) is 7. The van der Waals surface area contributed by atoms with Gasteiger partial charge in [0, 0.05) is 0 Å². The predicted molar refractivity (Wildman–Crippen MR) is 37.6 cm³/mol. The fourth-order valence-corrected chi connectivity index (χ4v) is 0.278. The topological polar surface area (TPSA) is 98.3 Å². The first kappa shape index (κ1) is 11.1. The van der Waals surface area contributed by atoms with Gasteiger partial charge >= 0.3 is 0 Å². The first-order valence-electron chi connectivity index (χ1n) is 2.95. The Morgan fingerprint density at radius 3 is 1.54 bits per heavy atom. The molecule has 0 aromatic rings. The first-order chi connectivity index (χ1) is 6.41. The molecule has 0 spiro atoms. The zero-order valence-corrected chi connectivity index (χ0v) is 6.38. The molecule has 0 aliphatic carbocycles. The van der Waals surface area contributed by atoms with Gasteiger partial charge in [0.05, 0.1) is 12.4 Å². The number of carboxylic acid groups (broad SMARTS) is 1. The van der Waals surface area contributed by atoms with Gasteiger partial charge in [-0.2, -0.15) is 0 Å². The fourth-order valence-electron chi connectivity index (χ4n) is 0.278. The van der Waals surface area contributed by atoms with Crippen molar-refractivity contribution >= 4 is 6.47 Å². The van der Waals surface area contributed by atoms with Crippen LogP contribution in [0.5, 0.6) is 0 Å². The molecule has 8 nitrogen and oxygen atoms in total. The summed E-state index contributed by atoms with van der Waals surface area (Å²) in [6, 6.07) is 0. The van der Waals surface area contributed by atoms with Crippen LogP contribution in [0.15, 0.2) is 24.9 Å². The number of hydrogen-bond donors (Lipinski definition) is 3. The molecule has 0 unspecified atom stereocenters. The second kappa shape index (κ2) is 10.1. The van der Waals surface area contributed by atoms with Crippen molar-refractivity contribution < 1.29 is 29.7 Å². The van der Waals surface area contributed by atoms with Crippen LogP contribution in [0.1, 0.15) is 0 Å². The molecule has 13 heavy (non-hydrogen) atoms. The summed E-state index contributed by atoms with van der Waals surface area (Å²) in [6.07, 6.45) is 5.89. The summed E-state index contributed by atoms with van der Waals surface area (Å²) in [5.41, 5.74) is 4.64. The van der Waals surface area contributed by atoms with Gasteiger partial charge in [-0.3, -0.25) is 4.79 Å². The lowest BCUT2D eigenvalue weighted by molar-refractivity contribution is -0.264. The Kier molecular flexibility index (Phi) is 8.57. The lowest BCUT2D eigenvalue weighted by Crippen LogP contribution is -1.94. The number of carbonyl (C=O) groups is 1. The maximum atomic E-state index is 8.36. The monoisotopic (exact) mass is 192 g/mol. The Labute approximate surface area is 73.1 Å². The van der Waals surface area contributed by atoms with Crippen LogP contribution in [0, 0.1) is 0 Å². The van der Waals surface area contributed by atoms with Gasteiger partial charge in [-0.05, 0) is 0 Å². The van der Waals surface area contributed by atoms with Crippen LogP contribution in [-0.2, 0) is 24.5 Å². The van der Waals surface area contributed by atoms with Gasteiger partial charge in [-0.1, -0.05) is 9.98 Å². The highest BCUT2D eigenvalue weighted by atomic mass is 17.3. The number of rotatable bonds is 0. The Morgan fingerprint density at radius 2 is 1.46 bits per heavy atom. The summed E-state index contributed by atoms with van der Waals surface area (Å²) < 4.78 is 0. The Morgan fingerprint density at radius 1 is 1.08 bits per heavy atom. The highest BCUT2D eigenvalue weighted by Crippen LogP contribution is 1.81. The maximum Gasteiger partial charge on any atom is 0.290 e. The molecule has 3 N–H and O–H groups in total. The minimum atomic E-state index is -0.250. The van der Waals surface area contributed by atoms with E-state index < -0.39 is 0 Å². The molecular weight excluding hydrogens is 184 g/mol. The normalized spacial score (nSPS) is 14.5. The maximum absolute atomic E-state index is 8.36. The Hall–Kier alpha value is -1.93. The molecule has 0 bridgehead atoms. The zero-order chi connectivity index (χ0) is 9.78. The van der Waals surface area contributed by atoms with E-state index in [1.54, 1.807) is 12.4 Å². The van der Waals surface area contributed by atoms with Crippen LogP contribution in [-0.4, -0.2) is 11.6 Å². The van der Waals surface area contributed by atoms with Gasteiger partial charge in [-0.15, -0.1) is 0 Å². The summed E-state index contributed by atoms with van der Waals surface area (Å²) in [7, 11) is 0. The Bertz CT molecular complexity index is 142. The molecule has 0 fully saturated rings. The number of hydroxylamine groups is 2.